The number of hydrogen-bond donors (Lipinski definition) is 1. The lowest BCUT2D eigenvalue weighted by molar-refractivity contribution is -0.386. The van der Waals surface area contributed by atoms with E-state index in [-0.39, 0.29) is 17.5 Å². The molecule has 0 spiro atoms. The number of rotatable bonds is 4. The first-order chi connectivity index (χ1) is 8.10. The van der Waals surface area contributed by atoms with E-state index in [0.717, 1.165) is 12.8 Å². The Morgan fingerprint density at radius 1 is 1.53 bits per heavy atom. The van der Waals surface area contributed by atoms with E-state index in [2.05, 4.69) is 0 Å². The fourth-order valence-electron chi connectivity index (χ4n) is 1.88. The van der Waals surface area contributed by atoms with Crippen molar-refractivity contribution >= 4 is 17.3 Å². The highest BCUT2D eigenvalue weighted by Crippen LogP contribution is 2.36. The summed E-state index contributed by atoms with van der Waals surface area (Å²) in [5.41, 5.74) is 5.46. The molecule has 6 heteroatoms. The molecule has 92 valence electrons. The molecule has 1 aliphatic carbocycles. The van der Waals surface area contributed by atoms with Crippen LogP contribution >= 0.6 is 11.6 Å². The highest BCUT2D eigenvalue weighted by molar-refractivity contribution is 6.30. The van der Waals surface area contributed by atoms with Gasteiger partial charge in [-0.3, -0.25) is 10.1 Å². The van der Waals surface area contributed by atoms with Gasteiger partial charge in [0.1, 0.15) is 0 Å². The first kappa shape index (κ1) is 12.1. The minimum Gasteiger partial charge on any atom is -0.483 e. The second-order valence-corrected chi connectivity index (χ2v) is 4.62. The summed E-state index contributed by atoms with van der Waals surface area (Å²) >= 11 is 5.80. The number of nitro benzene ring substituents is 1. The Morgan fingerprint density at radius 2 is 2.24 bits per heavy atom. The number of ether oxygens (including phenoxy) is 1. The van der Waals surface area contributed by atoms with Crippen LogP contribution in [-0.2, 0) is 0 Å². The standard InChI is InChI=1S/C11H13ClN2O3/c12-8-1-2-10(14(15)16)11(5-8)17-9-3-7(4-9)6-13/h1-2,5,7,9H,3-4,6,13H2. The molecule has 0 amide bonds. The summed E-state index contributed by atoms with van der Waals surface area (Å²) in [6.07, 6.45) is 1.71. The van der Waals surface area contributed by atoms with Gasteiger partial charge in [0.05, 0.1) is 11.0 Å². The molecule has 0 unspecified atom stereocenters. The predicted molar refractivity (Wildman–Crippen MR) is 64.3 cm³/mol. The molecular weight excluding hydrogens is 244 g/mol. The summed E-state index contributed by atoms with van der Waals surface area (Å²) in [6.45, 7) is 0.636. The van der Waals surface area contributed by atoms with E-state index in [1.807, 2.05) is 0 Å². The van der Waals surface area contributed by atoms with E-state index in [9.17, 15) is 10.1 Å². The van der Waals surface area contributed by atoms with Crippen LogP contribution in [0, 0.1) is 16.0 Å². The first-order valence-electron chi connectivity index (χ1n) is 5.41. The number of nitrogens with two attached hydrogens (primary N) is 1. The van der Waals surface area contributed by atoms with Crippen molar-refractivity contribution in [2.45, 2.75) is 18.9 Å². The Bertz CT molecular complexity index is 433. The molecule has 2 N–H and O–H groups in total. The lowest BCUT2D eigenvalue weighted by Crippen LogP contribution is -2.37. The molecule has 0 aromatic heterocycles. The maximum atomic E-state index is 10.8. The van der Waals surface area contributed by atoms with Crippen molar-refractivity contribution in [3.8, 4) is 5.75 Å². The summed E-state index contributed by atoms with van der Waals surface area (Å²) in [4.78, 5) is 10.3. The first-order valence-corrected chi connectivity index (χ1v) is 5.78. The Kier molecular flexibility index (Phi) is 3.49. The number of benzene rings is 1. The van der Waals surface area contributed by atoms with Crippen LogP contribution < -0.4 is 10.5 Å². The summed E-state index contributed by atoms with van der Waals surface area (Å²) in [7, 11) is 0. The largest absolute Gasteiger partial charge is 0.483 e. The molecular formula is C11H13ClN2O3. The summed E-state index contributed by atoms with van der Waals surface area (Å²) in [5.74, 6) is 0.709. The van der Waals surface area contributed by atoms with E-state index in [1.54, 1.807) is 0 Å². The van der Waals surface area contributed by atoms with E-state index in [4.69, 9.17) is 22.1 Å². The van der Waals surface area contributed by atoms with Crippen LogP contribution in [0.2, 0.25) is 5.02 Å². The molecule has 1 fully saturated rings. The molecule has 1 aliphatic rings. The maximum Gasteiger partial charge on any atom is 0.311 e. The fraction of sp³-hybridized carbons (Fsp3) is 0.455. The smallest absolute Gasteiger partial charge is 0.311 e. The van der Waals surface area contributed by atoms with Crippen LogP contribution in [0.25, 0.3) is 0 Å². The maximum absolute atomic E-state index is 10.8. The van der Waals surface area contributed by atoms with Gasteiger partial charge in [0.25, 0.3) is 0 Å². The minimum absolute atomic E-state index is 0.0146. The van der Waals surface area contributed by atoms with Crippen molar-refractivity contribution in [1.82, 2.24) is 0 Å². The minimum atomic E-state index is -0.468. The zero-order valence-corrected chi connectivity index (χ0v) is 9.89. The molecule has 1 aromatic rings. The number of hydrogen-bond acceptors (Lipinski definition) is 4. The highest BCUT2D eigenvalue weighted by Gasteiger charge is 2.31. The zero-order valence-electron chi connectivity index (χ0n) is 9.14. The fourth-order valence-corrected chi connectivity index (χ4v) is 2.04. The van der Waals surface area contributed by atoms with E-state index in [1.165, 1.54) is 18.2 Å². The molecule has 1 aromatic carbocycles. The van der Waals surface area contributed by atoms with Crippen LogP contribution in [-0.4, -0.2) is 17.6 Å². The Morgan fingerprint density at radius 3 is 2.82 bits per heavy atom. The van der Waals surface area contributed by atoms with Gasteiger partial charge in [0.15, 0.2) is 5.75 Å². The quantitative estimate of drug-likeness (QED) is 0.663. The second-order valence-electron chi connectivity index (χ2n) is 4.18. The van der Waals surface area contributed by atoms with E-state index < -0.39 is 4.92 Å². The normalized spacial score (nSPS) is 22.9. The average Bonchev–Trinajstić information content (AvgIpc) is 2.22. The van der Waals surface area contributed by atoms with Gasteiger partial charge in [-0.25, -0.2) is 0 Å². The van der Waals surface area contributed by atoms with Gasteiger partial charge in [-0.2, -0.15) is 0 Å². The third kappa shape index (κ3) is 2.68. The lowest BCUT2D eigenvalue weighted by Gasteiger charge is -2.34. The van der Waals surface area contributed by atoms with E-state index in [0.29, 0.717) is 17.5 Å². The van der Waals surface area contributed by atoms with Crippen molar-refractivity contribution in [2.24, 2.45) is 11.7 Å². The van der Waals surface area contributed by atoms with Crippen LogP contribution in [0.4, 0.5) is 5.69 Å². The SMILES string of the molecule is NCC1CC(Oc2cc(Cl)ccc2[N+](=O)[O-])C1. The Labute approximate surface area is 104 Å². The Hall–Kier alpha value is -1.33. The Balaban J connectivity index is 2.09. The topological polar surface area (TPSA) is 78.4 Å². The molecule has 0 bridgehead atoms. The predicted octanol–water partition coefficient (Wildman–Crippen LogP) is 2.36. The molecule has 2 rings (SSSR count). The molecule has 0 radical (unpaired) electrons. The van der Waals surface area contributed by atoms with Crippen molar-refractivity contribution in [2.75, 3.05) is 6.54 Å². The average molecular weight is 257 g/mol. The lowest BCUT2D eigenvalue weighted by atomic mass is 9.82. The summed E-state index contributed by atoms with van der Waals surface area (Å²) in [6, 6.07) is 4.32. The van der Waals surface area contributed by atoms with E-state index >= 15 is 0 Å². The van der Waals surface area contributed by atoms with Crippen LogP contribution in [0.1, 0.15) is 12.8 Å². The van der Waals surface area contributed by atoms with Crippen LogP contribution in [0.5, 0.6) is 5.75 Å². The molecule has 5 nitrogen and oxygen atoms in total. The van der Waals surface area contributed by atoms with Crippen LogP contribution in [0.15, 0.2) is 18.2 Å². The van der Waals surface area contributed by atoms with Crippen LogP contribution in [0.3, 0.4) is 0 Å². The van der Waals surface area contributed by atoms with Crippen molar-refractivity contribution < 1.29 is 9.66 Å². The monoisotopic (exact) mass is 256 g/mol. The van der Waals surface area contributed by atoms with Gasteiger partial charge in [0, 0.05) is 17.2 Å². The molecule has 0 heterocycles. The van der Waals surface area contributed by atoms with Gasteiger partial charge < -0.3 is 10.5 Å². The van der Waals surface area contributed by atoms with Gasteiger partial charge in [-0.15, -0.1) is 0 Å². The number of halogens is 1. The van der Waals surface area contributed by atoms with Crippen molar-refractivity contribution in [3.05, 3.63) is 33.3 Å². The third-order valence-corrected chi connectivity index (χ3v) is 3.17. The van der Waals surface area contributed by atoms with Crippen molar-refractivity contribution in [1.29, 1.82) is 0 Å². The van der Waals surface area contributed by atoms with Gasteiger partial charge in [-0.1, -0.05) is 11.6 Å². The zero-order chi connectivity index (χ0) is 12.4. The number of nitro groups is 1. The van der Waals surface area contributed by atoms with Gasteiger partial charge in [0.2, 0.25) is 0 Å². The molecule has 0 atom stereocenters. The third-order valence-electron chi connectivity index (χ3n) is 2.94. The molecule has 0 saturated heterocycles. The highest BCUT2D eigenvalue weighted by atomic mass is 35.5. The molecule has 17 heavy (non-hydrogen) atoms. The van der Waals surface area contributed by atoms with Gasteiger partial charge >= 0.3 is 5.69 Å². The summed E-state index contributed by atoms with van der Waals surface area (Å²) < 4.78 is 5.57. The molecule has 0 aliphatic heterocycles. The number of nitrogens with zero attached hydrogens (tertiary/aromatic N) is 1. The van der Waals surface area contributed by atoms with Gasteiger partial charge in [-0.05, 0) is 31.4 Å². The second kappa shape index (κ2) is 4.89. The summed E-state index contributed by atoms with van der Waals surface area (Å²) in [5, 5.41) is 11.2. The van der Waals surface area contributed by atoms with Crippen molar-refractivity contribution in [3.63, 3.8) is 0 Å². The molecule has 1 saturated carbocycles.